The summed E-state index contributed by atoms with van der Waals surface area (Å²) in [6.45, 7) is 6.31. The van der Waals surface area contributed by atoms with E-state index in [1.165, 1.54) is 11.8 Å². The number of carbonyl (C=O) groups excluding carboxylic acids is 1. The Morgan fingerprint density at radius 1 is 1.50 bits per heavy atom. The largest absolute Gasteiger partial charge is 0.459 e. The van der Waals surface area contributed by atoms with Crippen LogP contribution in [-0.2, 0) is 4.74 Å². The number of thioether (sulfide) groups is 1. The van der Waals surface area contributed by atoms with Crippen LogP contribution in [0.3, 0.4) is 0 Å². The van der Waals surface area contributed by atoms with E-state index in [2.05, 4.69) is 24.0 Å². The van der Waals surface area contributed by atoms with E-state index in [1.807, 2.05) is 0 Å². The maximum atomic E-state index is 11.2. The summed E-state index contributed by atoms with van der Waals surface area (Å²) in [5, 5.41) is 7.82. The van der Waals surface area contributed by atoms with Crippen molar-refractivity contribution in [3.63, 3.8) is 0 Å². The third kappa shape index (κ3) is 3.84. The fourth-order valence-corrected chi connectivity index (χ4v) is 1.77. The molecule has 0 aromatic carbocycles. The summed E-state index contributed by atoms with van der Waals surface area (Å²) >= 11 is 1.46. The zero-order chi connectivity index (χ0) is 12.0. The smallest absolute Gasteiger partial charge is 0.396 e. The minimum absolute atomic E-state index is 0.0755. The van der Waals surface area contributed by atoms with Crippen molar-refractivity contribution in [1.82, 2.24) is 10.2 Å². The molecule has 1 unspecified atom stereocenters. The highest BCUT2D eigenvalue weighted by Gasteiger charge is 2.16. The summed E-state index contributed by atoms with van der Waals surface area (Å²) in [4.78, 5) is 11.2. The number of nitrogens with zero attached hydrogens (tertiary/aromatic N) is 2. The van der Waals surface area contributed by atoms with Gasteiger partial charge in [0.05, 0.1) is 6.61 Å². The molecule has 0 aliphatic rings. The minimum atomic E-state index is -0.564. The molecule has 1 heterocycles. The molecule has 90 valence electrons. The van der Waals surface area contributed by atoms with Gasteiger partial charge in [-0.15, -0.1) is 5.10 Å². The van der Waals surface area contributed by atoms with Crippen LogP contribution in [0, 0.1) is 5.92 Å². The van der Waals surface area contributed by atoms with Gasteiger partial charge in [-0.1, -0.05) is 37.1 Å². The Hall–Kier alpha value is -1.04. The molecule has 0 N–H and O–H groups in total. The highest BCUT2D eigenvalue weighted by Crippen LogP contribution is 2.20. The van der Waals surface area contributed by atoms with Gasteiger partial charge in [0.25, 0.3) is 5.22 Å². The zero-order valence-corrected chi connectivity index (χ0v) is 10.5. The number of aromatic nitrogens is 2. The fourth-order valence-electron chi connectivity index (χ4n) is 0.875. The van der Waals surface area contributed by atoms with Crippen LogP contribution in [0.1, 0.15) is 37.9 Å². The van der Waals surface area contributed by atoms with Gasteiger partial charge in [0, 0.05) is 5.75 Å². The normalized spacial score (nSPS) is 12.4. The molecule has 0 saturated carbocycles. The van der Waals surface area contributed by atoms with Gasteiger partial charge in [-0.25, -0.2) is 4.79 Å². The van der Waals surface area contributed by atoms with Crippen molar-refractivity contribution in [2.24, 2.45) is 5.92 Å². The second kappa shape index (κ2) is 6.52. The second-order valence-corrected chi connectivity index (χ2v) is 4.39. The van der Waals surface area contributed by atoms with Crippen LogP contribution in [0.2, 0.25) is 0 Å². The van der Waals surface area contributed by atoms with Gasteiger partial charge in [-0.3, -0.25) is 0 Å². The first kappa shape index (κ1) is 13.0. The molecule has 0 saturated heterocycles. The SMILES string of the molecule is CCOC(=O)c1nnc(SCC(C)CC)o1. The molecule has 0 aliphatic carbocycles. The first-order chi connectivity index (χ1) is 7.67. The van der Waals surface area contributed by atoms with Crippen LogP contribution < -0.4 is 0 Å². The molecule has 0 amide bonds. The molecule has 1 aromatic rings. The predicted octanol–water partition coefficient (Wildman–Crippen LogP) is 2.38. The second-order valence-electron chi connectivity index (χ2n) is 3.42. The molecule has 1 aromatic heterocycles. The summed E-state index contributed by atoms with van der Waals surface area (Å²) in [6, 6.07) is 0. The first-order valence-electron chi connectivity index (χ1n) is 5.30. The predicted molar refractivity (Wildman–Crippen MR) is 60.4 cm³/mol. The molecule has 0 radical (unpaired) electrons. The molecule has 6 heteroatoms. The van der Waals surface area contributed by atoms with Gasteiger partial charge in [-0.2, -0.15) is 0 Å². The lowest BCUT2D eigenvalue weighted by molar-refractivity contribution is 0.0475. The molecular weight excluding hydrogens is 228 g/mol. The molecule has 0 fully saturated rings. The van der Waals surface area contributed by atoms with E-state index in [0.717, 1.165) is 12.2 Å². The highest BCUT2D eigenvalue weighted by molar-refractivity contribution is 7.99. The first-order valence-corrected chi connectivity index (χ1v) is 6.29. The number of rotatable bonds is 6. The monoisotopic (exact) mass is 244 g/mol. The van der Waals surface area contributed by atoms with Crippen LogP contribution in [0.4, 0.5) is 0 Å². The molecule has 0 spiro atoms. The fraction of sp³-hybridized carbons (Fsp3) is 0.700. The average Bonchev–Trinajstić information content (AvgIpc) is 2.75. The lowest BCUT2D eigenvalue weighted by atomic mass is 10.2. The molecule has 1 atom stereocenters. The van der Waals surface area contributed by atoms with E-state index in [0.29, 0.717) is 17.7 Å². The lowest BCUT2D eigenvalue weighted by Crippen LogP contribution is -2.04. The van der Waals surface area contributed by atoms with Gasteiger partial charge < -0.3 is 9.15 Å². The quantitative estimate of drug-likeness (QED) is 0.565. The van der Waals surface area contributed by atoms with Crippen LogP contribution in [0.25, 0.3) is 0 Å². The van der Waals surface area contributed by atoms with Gasteiger partial charge in [-0.05, 0) is 12.8 Å². The summed E-state index contributed by atoms with van der Waals surface area (Å²) in [7, 11) is 0. The topological polar surface area (TPSA) is 65.2 Å². The molecule has 0 aliphatic heterocycles. The zero-order valence-electron chi connectivity index (χ0n) is 9.73. The molecule has 16 heavy (non-hydrogen) atoms. The average molecular weight is 244 g/mol. The number of esters is 1. The van der Waals surface area contributed by atoms with Crippen molar-refractivity contribution >= 4 is 17.7 Å². The Bertz CT molecular complexity index is 341. The Kier molecular flexibility index (Phi) is 5.31. The summed E-state index contributed by atoms with van der Waals surface area (Å²) in [6.07, 6.45) is 1.10. The van der Waals surface area contributed by atoms with E-state index >= 15 is 0 Å². The standard InChI is InChI=1S/C10H16N2O3S/c1-4-7(3)6-16-10-12-11-8(15-10)9(13)14-5-2/h7H,4-6H2,1-3H3. The van der Waals surface area contributed by atoms with Gasteiger partial charge >= 0.3 is 11.9 Å². The molecule has 1 rings (SSSR count). The van der Waals surface area contributed by atoms with E-state index in [-0.39, 0.29) is 5.89 Å². The van der Waals surface area contributed by atoms with Crippen molar-refractivity contribution in [2.75, 3.05) is 12.4 Å². The Morgan fingerprint density at radius 3 is 2.88 bits per heavy atom. The number of ether oxygens (including phenoxy) is 1. The number of hydrogen-bond acceptors (Lipinski definition) is 6. The van der Waals surface area contributed by atoms with E-state index in [4.69, 9.17) is 9.15 Å². The van der Waals surface area contributed by atoms with Crippen LogP contribution in [-0.4, -0.2) is 28.5 Å². The van der Waals surface area contributed by atoms with E-state index in [1.54, 1.807) is 6.92 Å². The Balaban J connectivity index is 2.48. The van der Waals surface area contributed by atoms with Gasteiger partial charge in [0.2, 0.25) is 0 Å². The van der Waals surface area contributed by atoms with Crippen LogP contribution in [0.5, 0.6) is 0 Å². The summed E-state index contributed by atoms with van der Waals surface area (Å²) in [5.41, 5.74) is 0. The van der Waals surface area contributed by atoms with Gasteiger partial charge in [0.15, 0.2) is 0 Å². The van der Waals surface area contributed by atoms with Crippen molar-refractivity contribution in [3.8, 4) is 0 Å². The molecule has 5 nitrogen and oxygen atoms in total. The highest BCUT2D eigenvalue weighted by atomic mass is 32.2. The van der Waals surface area contributed by atoms with E-state index in [9.17, 15) is 4.79 Å². The van der Waals surface area contributed by atoms with Crippen LogP contribution in [0.15, 0.2) is 9.64 Å². The number of hydrogen-bond donors (Lipinski definition) is 0. The van der Waals surface area contributed by atoms with E-state index < -0.39 is 5.97 Å². The van der Waals surface area contributed by atoms with Crippen molar-refractivity contribution in [1.29, 1.82) is 0 Å². The minimum Gasteiger partial charge on any atom is -0.459 e. The molecule has 0 bridgehead atoms. The summed E-state index contributed by atoms with van der Waals surface area (Å²) in [5.74, 6) is 0.850. The van der Waals surface area contributed by atoms with Crippen LogP contribution >= 0.6 is 11.8 Å². The Morgan fingerprint density at radius 2 is 2.25 bits per heavy atom. The molecular formula is C10H16N2O3S. The third-order valence-corrected chi connectivity index (χ3v) is 3.19. The van der Waals surface area contributed by atoms with Crippen molar-refractivity contribution in [2.45, 2.75) is 32.4 Å². The third-order valence-electron chi connectivity index (χ3n) is 2.04. The van der Waals surface area contributed by atoms with Crippen molar-refractivity contribution in [3.05, 3.63) is 5.89 Å². The van der Waals surface area contributed by atoms with Gasteiger partial charge in [0.1, 0.15) is 0 Å². The lowest BCUT2D eigenvalue weighted by Gasteiger charge is -2.03. The maximum Gasteiger partial charge on any atom is 0.396 e. The maximum absolute atomic E-state index is 11.2. The van der Waals surface area contributed by atoms with Crippen molar-refractivity contribution < 1.29 is 13.9 Å². The number of carbonyl (C=O) groups is 1. The Labute approximate surface area is 99.0 Å². The summed E-state index contributed by atoms with van der Waals surface area (Å²) < 4.78 is 9.90.